The number of nitrogens with zero attached hydrogens (tertiary/aromatic N) is 2. The van der Waals surface area contributed by atoms with Crippen molar-refractivity contribution in [2.75, 3.05) is 10.6 Å². The number of hydrogen-bond donors (Lipinski definition) is 3. The number of anilines is 2. The van der Waals surface area contributed by atoms with E-state index < -0.39 is 29.3 Å². The standard InChI is InChI=1S/C20H14F2N4O3/c1-26-11-14(19(27)28)18(25-26)24-20(29)23-17-15(21)9-13(10-16(17)22)8-7-12-5-3-2-4-6-12/h2-6,9-11H,1H3,(H,27,28)(H2,23,24,25,29). The minimum absolute atomic E-state index is 0.0905. The summed E-state index contributed by atoms with van der Waals surface area (Å²) in [5.41, 5.74) is -0.192. The second-order valence-corrected chi connectivity index (χ2v) is 5.88. The van der Waals surface area contributed by atoms with Crippen LogP contribution in [0.5, 0.6) is 0 Å². The third-order valence-corrected chi connectivity index (χ3v) is 3.70. The van der Waals surface area contributed by atoms with Gasteiger partial charge in [-0.3, -0.25) is 10.00 Å². The fourth-order valence-electron chi connectivity index (χ4n) is 2.42. The SMILES string of the molecule is Cn1cc(C(=O)O)c(NC(=O)Nc2c(F)cc(C#Cc3ccccc3)cc2F)n1. The lowest BCUT2D eigenvalue weighted by Crippen LogP contribution is -2.22. The van der Waals surface area contributed by atoms with Gasteiger partial charge in [0, 0.05) is 24.4 Å². The smallest absolute Gasteiger partial charge is 0.341 e. The van der Waals surface area contributed by atoms with Crippen molar-refractivity contribution in [2.24, 2.45) is 7.05 Å². The zero-order valence-corrected chi connectivity index (χ0v) is 15.0. The van der Waals surface area contributed by atoms with Gasteiger partial charge in [0.25, 0.3) is 0 Å². The lowest BCUT2D eigenvalue weighted by Gasteiger charge is -2.09. The predicted molar refractivity (Wildman–Crippen MR) is 102 cm³/mol. The molecule has 0 aliphatic carbocycles. The number of urea groups is 1. The number of amides is 2. The summed E-state index contributed by atoms with van der Waals surface area (Å²) in [5.74, 6) is 1.79. The number of benzene rings is 2. The zero-order chi connectivity index (χ0) is 21.0. The number of nitrogens with one attached hydrogen (secondary N) is 2. The molecule has 2 aromatic carbocycles. The van der Waals surface area contributed by atoms with Crippen LogP contribution >= 0.6 is 0 Å². The lowest BCUT2D eigenvalue weighted by atomic mass is 10.1. The molecule has 0 radical (unpaired) electrons. The summed E-state index contributed by atoms with van der Waals surface area (Å²) in [7, 11) is 1.46. The van der Waals surface area contributed by atoms with Crippen molar-refractivity contribution in [2.45, 2.75) is 0 Å². The zero-order valence-electron chi connectivity index (χ0n) is 15.0. The first-order valence-corrected chi connectivity index (χ1v) is 8.24. The van der Waals surface area contributed by atoms with Crippen LogP contribution in [-0.4, -0.2) is 26.9 Å². The molecule has 0 atom stereocenters. The molecule has 3 aromatic rings. The molecule has 0 bridgehead atoms. The van der Waals surface area contributed by atoms with Gasteiger partial charge in [-0.1, -0.05) is 30.0 Å². The monoisotopic (exact) mass is 396 g/mol. The van der Waals surface area contributed by atoms with Crippen molar-refractivity contribution < 1.29 is 23.5 Å². The molecule has 0 spiro atoms. The average molecular weight is 396 g/mol. The number of aryl methyl sites for hydroxylation is 1. The first kappa shape index (κ1) is 19.6. The molecule has 1 heterocycles. The maximum atomic E-state index is 14.3. The Morgan fingerprint density at radius 3 is 2.28 bits per heavy atom. The molecule has 9 heteroatoms. The van der Waals surface area contributed by atoms with Crippen molar-refractivity contribution >= 4 is 23.5 Å². The molecular weight excluding hydrogens is 382 g/mol. The van der Waals surface area contributed by atoms with Crippen LogP contribution in [0, 0.1) is 23.5 Å². The van der Waals surface area contributed by atoms with Crippen LogP contribution in [-0.2, 0) is 7.05 Å². The van der Waals surface area contributed by atoms with Crippen molar-refractivity contribution in [1.82, 2.24) is 9.78 Å². The van der Waals surface area contributed by atoms with E-state index in [2.05, 4.69) is 22.3 Å². The Bertz CT molecular complexity index is 1120. The highest BCUT2D eigenvalue weighted by Gasteiger charge is 2.19. The molecule has 0 unspecified atom stereocenters. The van der Waals surface area contributed by atoms with E-state index in [1.807, 2.05) is 11.4 Å². The number of carbonyl (C=O) groups is 2. The Morgan fingerprint density at radius 2 is 1.66 bits per heavy atom. The highest BCUT2D eigenvalue weighted by Crippen LogP contribution is 2.21. The van der Waals surface area contributed by atoms with E-state index in [0.717, 1.165) is 12.1 Å². The minimum Gasteiger partial charge on any atom is -0.477 e. The van der Waals surface area contributed by atoms with Gasteiger partial charge in [0.1, 0.15) is 11.3 Å². The van der Waals surface area contributed by atoms with Crippen molar-refractivity contribution in [3.63, 3.8) is 0 Å². The van der Waals surface area contributed by atoms with Gasteiger partial charge in [0.05, 0.1) is 0 Å². The molecule has 2 amide bonds. The molecular formula is C20H14F2N4O3. The minimum atomic E-state index is -1.31. The number of hydrogen-bond acceptors (Lipinski definition) is 3. The summed E-state index contributed by atoms with van der Waals surface area (Å²) >= 11 is 0. The van der Waals surface area contributed by atoms with E-state index in [0.29, 0.717) is 5.56 Å². The molecule has 3 rings (SSSR count). The number of rotatable bonds is 3. The summed E-state index contributed by atoms with van der Waals surface area (Å²) in [6.45, 7) is 0. The van der Waals surface area contributed by atoms with E-state index in [9.17, 15) is 18.4 Å². The summed E-state index contributed by atoms with van der Waals surface area (Å²) in [4.78, 5) is 23.2. The second kappa shape index (κ2) is 8.22. The van der Waals surface area contributed by atoms with Crippen LogP contribution in [0.2, 0.25) is 0 Å². The Hall–Kier alpha value is -4.19. The molecule has 3 N–H and O–H groups in total. The van der Waals surface area contributed by atoms with Crippen LogP contribution < -0.4 is 10.6 Å². The average Bonchev–Trinajstić information content (AvgIpc) is 3.04. The van der Waals surface area contributed by atoms with Gasteiger partial charge in [0.2, 0.25) is 0 Å². The third-order valence-electron chi connectivity index (χ3n) is 3.70. The van der Waals surface area contributed by atoms with Crippen LogP contribution in [0.15, 0.2) is 48.7 Å². The summed E-state index contributed by atoms with van der Waals surface area (Å²) in [6.07, 6.45) is 1.18. The number of carboxylic acids is 1. The van der Waals surface area contributed by atoms with Crippen LogP contribution in [0.4, 0.5) is 25.1 Å². The summed E-state index contributed by atoms with van der Waals surface area (Å²) in [6, 6.07) is 9.82. The Balaban J connectivity index is 1.77. The maximum Gasteiger partial charge on any atom is 0.341 e. The molecule has 0 aliphatic heterocycles. The third kappa shape index (κ3) is 4.75. The number of halogens is 2. The highest BCUT2D eigenvalue weighted by atomic mass is 19.1. The first-order valence-electron chi connectivity index (χ1n) is 8.24. The normalized spacial score (nSPS) is 10.0. The van der Waals surface area contributed by atoms with Crippen LogP contribution in [0.3, 0.4) is 0 Å². The largest absolute Gasteiger partial charge is 0.477 e. The van der Waals surface area contributed by atoms with Gasteiger partial charge in [0.15, 0.2) is 17.5 Å². The molecule has 0 saturated carbocycles. The molecule has 1 aromatic heterocycles. The Labute approximate surface area is 164 Å². The molecule has 29 heavy (non-hydrogen) atoms. The summed E-state index contributed by atoms with van der Waals surface area (Å²) < 4.78 is 29.7. The van der Waals surface area contributed by atoms with Crippen molar-refractivity contribution in [3.8, 4) is 11.8 Å². The fraction of sp³-hybridized carbons (Fsp3) is 0.0500. The number of aromatic carboxylic acids is 1. The number of aromatic nitrogens is 2. The number of carbonyl (C=O) groups excluding carboxylic acids is 1. The second-order valence-electron chi connectivity index (χ2n) is 5.88. The highest BCUT2D eigenvalue weighted by molar-refractivity contribution is 6.03. The molecule has 7 nitrogen and oxygen atoms in total. The topological polar surface area (TPSA) is 96.3 Å². The molecule has 0 fully saturated rings. The molecule has 0 saturated heterocycles. The van der Waals surface area contributed by atoms with E-state index in [-0.39, 0.29) is 16.9 Å². The van der Waals surface area contributed by atoms with E-state index in [1.54, 1.807) is 24.3 Å². The Morgan fingerprint density at radius 1 is 1.03 bits per heavy atom. The lowest BCUT2D eigenvalue weighted by molar-refractivity contribution is 0.0698. The molecule has 0 aliphatic rings. The van der Waals surface area contributed by atoms with Gasteiger partial charge in [-0.05, 0) is 24.3 Å². The first-order chi connectivity index (χ1) is 13.8. The maximum absolute atomic E-state index is 14.3. The van der Waals surface area contributed by atoms with Crippen molar-refractivity contribution in [1.29, 1.82) is 0 Å². The Kier molecular flexibility index (Phi) is 5.55. The number of carboxylic acid groups (broad SMARTS) is 1. The van der Waals surface area contributed by atoms with Gasteiger partial charge in [-0.2, -0.15) is 5.10 Å². The van der Waals surface area contributed by atoms with Gasteiger partial charge in [-0.15, -0.1) is 0 Å². The fourth-order valence-corrected chi connectivity index (χ4v) is 2.42. The van der Waals surface area contributed by atoms with Crippen LogP contribution in [0.25, 0.3) is 0 Å². The van der Waals surface area contributed by atoms with Gasteiger partial charge < -0.3 is 10.4 Å². The van der Waals surface area contributed by atoms with Gasteiger partial charge >= 0.3 is 12.0 Å². The summed E-state index contributed by atoms with van der Waals surface area (Å²) in [5, 5.41) is 17.0. The van der Waals surface area contributed by atoms with E-state index in [4.69, 9.17) is 5.11 Å². The van der Waals surface area contributed by atoms with E-state index >= 15 is 0 Å². The molecule has 146 valence electrons. The van der Waals surface area contributed by atoms with Crippen LogP contribution in [0.1, 0.15) is 21.5 Å². The van der Waals surface area contributed by atoms with Crippen molar-refractivity contribution in [3.05, 3.63) is 77.0 Å². The predicted octanol–water partition coefficient (Wildman–Crippen LogP) is 3.44. The van der Waals surface area contributed by atoms with E-state index in [1.165, 1.54) is 17.9 Å². The quantitative estimate of drug-likeness (QED) is 0.591. The van der Waals surface area contributed by atoms with Gasteiger partial charge in [-0.25, -0.2) is 18.4 Å².